The maximum Gasteiger partial charge on any atom is 0.244 e. The second-order valence-corrected chi connectivity index (χ2v) is 7.98. The molecule has 3 nitrogen and oxygen atoms in total. The highest BCUT2D eigenvalue weighted by atomic mass is 35.5. The first-order valence-corrected chi connectivity index (χ1v) is 10.1. The average molecular weight is 457 g/mol. The molecule has 0 spiro atoms. The van der Waals surface area contributed by atoms with Crippen LogP contribution in [0.5, 0.6) is 0 Å². The van der Waals surface area contributed by atoms with Crippen LogP contribution in [0.1, 0.15) is 17.2 Å². The minimum absolute atomic E-state index is 0.234. The Morgan fingerprint density at radius 3 is 2.43 bits per heavy atom. The van der Waals surface area contributed by atoms with Crippen molar-refractivity contribution in [2.45, 2.75) is 19.2 Å². The summed E-state index contributed by atoms with van der Waals surface area (Å²) in [5.41, 5.74) is 1.88. The quantitative estimate of drug-likeness (QED) is 0.284. The number of hydrogen-bond donors (Lipinski definition) is 0. The third-order valence-electron chi connectivity index (χ3n) is 4.22. The number of hydrogen-bond acceptors (Lipinski definition) is 1. The van der Waals surface area contributed by atoms with Crippen LogP contribution in [0.15, 0.2) is 67.8 Å². The first-order valence-electron chi connectivity index (χ1n) is 8.62. The van der Waals surface area contributed by atoms with Crippen LogP contribution in [0, 0.1) is 0 Å². The molecule has 7 heteroatoms. The fraction of sp³-hybridized carbons (Fsp3) is 0.190. The fourth-order valence-corrected chi connectivity index (χ4v) is 3.86. The summed E-state index contributed by atoms with van der Waals surface area (Å²) in [4.78, 5) is 0. The number of ether oxygens (including phenoxy) is 1. The van der Waals surface area contributed by atoms with Gasteiger partial charge in [0.1, 0.15) is 31.6 Å². The number of halogens is 4. The summed E-state index contributed by atoms with van der Waals surface area (Å²) in [6.45, 7) is 5.38. The minimum atomic E-state index is -0.234. The van der Waals surface area contributed by atoms with E-state index in [2.05, 4.69) is 6.58 Å². The molecule has 1 atom stereocenters. The molecule has 0 aliphatic carbocycles. The lowest BCUT2D eigenvalue weighted by atomic mass is 10.1. The molecule has 0 saturated heterocycles. The van der Waals surface area contributed by atoms with E-state index in [1.807, 2.05) is 52.1 Å². The van der Waals surface area contributed by atoms with Gasteiger partial charge in [-0.3, -0.25) is 0 Å². The van der Waals surface area contributed by atoms with Gasteiger partial charge in [0.2, 0.25) is 6.33 Å². The molecule has 1 unspecified atom stereocenters. The highest BCUT2D eigenvalue weighted by molar-refractivity contribution is 6.35. The third kappa shape index (κ3) is 5.53. The highest BCUT2D eigenvalue weighted by Crippen LogP contribution is 2.29. The predicted octanol–water partition coefficient (Wildman–Crippen LogP) is 6.38. The van der Waals surface area contributed by atoms with Crippen molar-refractivity contribution in [1.82, 2.24) is 4.57 Å². The molecule has 0 saturated carbocycles. The number of rotatable bonds is 8. The molecular weight excluding hydrogens is 438 g/mol. The van der Waals surface area contributed by atoms with Gasteiger partial charge in [-0.25, -0.2) is 9.13 Å². The topological polar surface area (TPSA) is 18.0 Å². The van der Waals surface area contributed by atoms with Gasteiger partial charge < -0.3 is 4.74 Å². The smallest absolute Gasteiger partial charge is 0.244 e. The molecule has 1 aromatic heterocycles. The van der Waals surface area contributed by atoms with Gasteiger partial charge in [-0.2, -0.15) is 0 Å². The number of aromatic nitrogens is 2. The van der Waals surface area contributed by atoms with E-state index in [1.165, 1.54) is 0 Å². The molecule has 0 radical (unpaired) electrons. The van der Waals surface area contributed by atoms with Crippen LogP contribution < -0.4 is 4.57 Å². The molecule has 0 bridgehead atoms. The Balaban J connectivity index is 1.77. The highest BCUT2D eigenvalue weighted by Gasteiger charge is 2.19. The number of nitrogens with zero attached hydrogens (tertiary/aromatic N) is 2. The van der Waals surface area contributed by atoms with Crippen LogP contribution in [0.3, 0.4) is 0 Å². The van der Waals surface area contributed by atoms with E-state index < -0.39 is 0 Å². The van der Waals surface area contributed by atoms with E-state index >= 15 is 0 Å². The molecule has 0 amide bonds. The Morgan fingerprint density at radius 2 is 1.75 bits per heavy atom. The molecule has 2 aromatic carbocycles. The monoisotopic (exact) mass is 455 g/mol. The van der Waals surface area contributed by atoms with Gasteiger partial charge in [0, 0.05) is 31.2 Å². The molecule has 3 rings (SSSR count). The SMILES string of the molecule is C=CCOC(Cn1cc[n+](Cc2ccc(Cl)cc2Cl)c1)c1ccc(Cl)cc1Cl. The van der Waals surface area contributed by atoms with E-state index in [4.69, 9.17) is 51.1 Å². The second-order valence-electron chi connectivity index (χ2n) is 6.29. The molecule has 0 fully saturated rings. The molecule has 0 N–H and O–H groups in total. The normalized spacial score (nSPS) is 12.1. The van der Waals surface area contributed by atoms with Crippen LogP contribution in [0.4, 0.5) is 0 Å². The lowest BCUT2D eigenvalue weighted by Gasteiger charge is -2.17. The Hall–Kier alpha value is -1.49. The van der Waals surface area contributed by atoms with Gasteiger partial charge in [-0.05, 0) is 24.3 Å². The number of benzene rings is 2. The molecule has 146 valence electrons. The van der Waals surface area contributed by atoms with Gasteiger partial charge in [0.25, 0.3) is 0 Å². The first kappa shape index (κ1) is 21.2. The Bertz CT molecular complexity index is 971. The van der Waals surface area contributed by atoms with Crippen molar-refractivity contribution in [3.05, 3.63) is 99.0 Å². The molecule has 3 aromatic rings. The van der Waals surface area contributed by atoms with Crippen LogP contribution in [0.2, 0.25) is 20.1 Å². The van der Waals surface area contributed by atoms with Crippen molar-refractivity contribution in [1.29, 1.82) is 0 Å². The van der Waals surface area contributed by atoms with Crippen LogP contribution in [-0.2, 0) is 17.8 Å². The van der Waals surface area contributed by atoms with Gasteiger partial charge >= 0.3 is 0 Å². The maximum absolute atomic E-state index is 6.38. The van der Waals surface area contributed by atoms with Gasteiger partial charge in [-0.1, -0.05) is 64.6 Å². The summed E-state index contributed by atoms with van der Waals surface area (Å²) in [6.07, 6.45) is 7.45. The Kier molecular flexibility index (Phi) is 7.44. The average Bonchev–Trinajstić information content (AvgIpc) is 3.08. The standard InChI is InChI=1S/C21H19Cl4N2O/c1-2-9-28-21(18-6-5-17(23)11-20(18)25)13-27-8-7-26(14-27)12-15-3-4-16(22)10-19(15)24/h2-8,10-11,14,21H,1,9,12-13H2/q+1. The summed E-state index contributed by atoms with van der Waals surface area (Å²) in [5.74, 6) is 0. The van der Waals surface area contributed by atoms with Crippen molar-refractivity contribution in [2.24, 2.45) is 0 Å². The number of imidazole rings is 1. The van der Waals surface area contributed by atoms with Gasteiger partial charge in [0.15, 0.2) is 0 Å². The summed E-state index contributed by atoms with van der Waals surface area (Å²) in [7, 11) is 0. The van der Waals surface area contributed by atoms with E-state index in [9.17, 15) is 0 Å². The van der Waals surface area contributed by atoms with Crippen molar-refractivity contribution >= 4 is 46.4 Å². The van der Waals surface area contributed by atoms with Crippen LogP contribution in [0.25, 0.3) is 0 Å². The lowest BCUT2D eigenvalue weighted by Crippen LogP contribution is -2.32. The fourth-order valence-electron chi connectivity index (χ4n) is 2.87. The van der Waals surface area contributed by atoms with Crippen LogP contribution >= 0.6 is 46.4 Å². The molecular formula is C21H19Cl4N2O+. The lowest BCUT2D eigenvalue weighted by molar-refractivity contribution is -0.687. The summed E-state index contributed by atoms with van der Waals surface area (Å²) < 4.78 is 10.0. The third-order valence-corrected chi connectivity index (χ3v) is 5.36. The molecule has 0 aliphatic heterocycles. The maximum atomic E-state index is 6.38. The van der Waals surface area contributed by atoms with E-state index in [-0.39, 0.29) is 6.10 Å². The van der Waals surface area contributed by atoms with E-state index in [0.717, 1.165) is 11.1 Å². The van der Waals surface area contributed by atoms with E-state index in [0.29, 0.717) is 39.8 Å². The predicted molar refractivity (Wildman–Crippen MR) is 116 cm³/mol. The summed E-state index contributed by atoms with van der Waals surface area (Å²) >= 11 is 24.6. The molecule has 28 heavy (non-hydrogen) atoms. The van der Waals surface area contributed by atoms with Crippen LogP contribution in [-0.4, -0.2) is 11.2 Å². The zero-order chi connectivity index (χ0) is 20.1. The zero-order valence-corrected chi connectivity index (χ0v) is 18.0. The summed E-state index contributed by atoms with van der Waals surface area (Å²) in [6, 6.07) is 10.9. The second kappa shape index (κ2) is 9.82. The molecule has 1 heterocycles. The van der Waals surface area contributed by atoms with Crippen molar-refractivity contribution in [2.75, 3.05) is 6.61 Å². The van der Waals surface area contributed by atoms with Gasteiger partial charge in [0.05, 0.1) is 6.61 Å². The summed E-state index contributed by atoms with van der Waals surface area (Å²) in [5, 5.41) is 2.44. The zero-order valence-electron chi connectivity index (χ0n) is 15.0. The molecule has 0 aliphatic rings. The largest absolute Gasteiger partial charge is 0.365 e. The van der Waals surface area contributed by atoms with Crippen molar-refractivity contribution in [3.8, 4) is 0 Å². The first-order chi connectivity index (χ1) is 13.5. The Labute approximate surface area is 184 Å². The van der Waals surface area contributed by atoms with Crippen molar-refractivity contribution < 1.29 is 9.30 Å². The minimum Gasteiger partial charge on any atom is -0.365 e. The van der Waals surface area contributed by atoms with E-state index in [1.54, 1.807) is 18.2 Å². The Morgan fingerprint density at radius 1 is 1.04 bits per heavy atom. The van der Waals surface area contributed by atoms with Crippen molar-refractivity contribution in [3.63, 3.8) is 0 Å². The van der Waals surface area contributed by atoms with Gasteiger partial charge in [-0.15, -0.1) is 6.58 Å².